The molecular weight excluding hydrogens is 253 g/mol. The normalized spacial score (nSPS) is 10.3. The lowest BCUT2D eigenvalue weighted by Crippen LogP contribution is -2.02. The lowest BCUT2D eigenvalue weighted by Gasteiger charge is -2.08. The van der Waals surface area contributed by atoms with Crippen LogP contribution in [0.3, 0.4) is 0 Å². The van der Waals surface area contributed by atoms with Gasteiger partial charge in [0.2, 0.25) is 5.88 Å². The lowest BCUT2D eigenvalue weighted by atomic mass is 10.3. The predicted octanol–water partition coefficient (Wildman–Crippen LogP) is 2.75. The van der Waals surface area contributed by atoms with Gasteiger partial charge in [0.25, 0.3) is 0 Å². The first kappa shape index (κ1) is 12.6. The average molecular weight is 265 g/mol. The average Bonchev–Trinajstić information content (AvgIpc) is 2.37. The minimum absolute atomic E-state index is 0.307. The molecule has 0 spiro atoms. The molecule has 0 bridgehead atoms. The molecular formula is C12H12FN3OS. The van der Waals surface area contributed by atoms with E-state index in [0.717, 1.165) is 11.8 Å². The Morgan fingerprint density at radius 2 is 2.11 bits per heavy atom. The molecule has 0 radical (unpaired) electrons. The maximum atomic E-state index is 13.5. The van der Waals surface area contributed by atoms with Gasteiger partial charge in [0.1, 0.15) is 22.9 Å². The summed E-state index contributed by atoms with van der Waals surface area (Å²) in [5.74, 6) is 0.0183. The van der Waals surface area contributed by atoms with Crippen molar-refractivity contribution in [2.45, 2.75) is 16.8 Å². The second kappa shape index (κ2) is 5.68. The molecule has 2 N–H and O–H groups in total. The molecule has 18 heavy (non-hydrogen) atoms. The summed E-state index contributed by atoms with van der Waals surface area (Å²) in [6.45, 7) is 2.30. The van der Waals surface area contributed by atoms with Crippen LogP contribution in [0.25, 0.3) is 0 Å². The third-order valence-corrected chi connectivity index (χ3v) is 3.20. The summed E-state index contributed by atoms with van der Waals surface area (Å²) in [5.41, 5.74) is 6.20. The largest absolute Gasteiger partial charge is 0.476 e. The Balaban J connectivity index is 2.30. The fraction of sp³-hybridized carbons (Fsp3) is 0.167. The van der Waals surface area contributed by atoms with Gasteiger partial charge in [-0.25, -0.2) is 9.37 Å². The molecule has 0 unspecified atom stereocenters. The number of benzene rings is 1. The summed E-state index contributed by atoms with van der Waals surface area (Å²) in [6.07, 6.45) is 1.35. The molecule has 0 fully saturated rings. The monoisotopic (exact) mass is 265 g/mol. The number of aromatic nitrogens is 2. The number of anilines is 1. The summed E-state index contributed by atoms with van der Waals surface area (Å²) in [4.78, 5) is 8.43. The highest BCUT2D eigenvalue weighted by molar-refractivity contribution is 7.99. The highest BCUT2D eigenvalue weighted by Gasteiger charge is 2.12. The van der Waals surface area contributed by atoms with Gasteiger partial charge in [-0.15, -0.1) is 0 Å². The van der Waals surface area contributed by atoms with Gasteiger partial charge in [-0.1, -0.05) is 23.9 Å². The first-order valence-electron chi connectivity index (χ1n) is 5.38. The number of nitrogen functional groups attached to an aromatic ring is 1. The van der Waals surface area contributed by atoms with Crippen molar-refractivity contribution in [1.82, 2.24) is 9.97 Å². The van der Waals surface area contributed by atoms with Gasteiger partial charge in [-0.05, 0) is 19.1 Å². The smallest absolute Gasteiger partial charge is 0.241 e. The Morgan fingerprint density at radius 1 is 1.33 bits per heavy atom. The van der Waals surface area contributed by atoms with Crippen molar-refractivity contribution >= 4 is 17.4 Å². The fourth-order valence-corrected chi connectivity index (χ4v) is 2.15. The van der Waals surface area contributed by atoms with Crippen LogP contribution in [-0.4, -0.2) is 16.6 Å². The van der Waals surface area contributed by atoms with E-state index in [1.807, 2.05) is 6.92 Å². The highest BCUT2D eigenvalue weighted by atomic mass is 32.2. The first-order chi connectivity index (χ1) is 8.72. The van der Waals surface area contributed by atoms with Gasteiger partial charge in [0.15, 0.2) is 0 Å². The second-order valence-electron chi connectivity index (χ2n) is 3.36. The van der Waals surface area contributed by atoms with E-state index in [9.17, 15) is 4.39 Å². The van der Waals surface area contributed by atoms with Crippen LogP contribution >= 0.6 is 11.8 Å². The molecule has 0 amide bonds. The van der Waals surface area contributed by atoms with Crippen LogP contribution in [-0.2, 0) is 0 Å². The minimum Gasteiger partial charge on any atom is -0.476 e. The number of hydrogen-bond acceptors (Lipinski definition) is 5. The third-order valence-electron chi connectivity index (χ3n) is 2.14. The fourth-order valence-electron chi connectivity index (χ4n) is 1.33. The van der Waals surface area contributed by atoms with E-state index in [2.05, 4.69) is 9.97 Å². The van der Waals surface area contributed by atoms with Crippen LogP contribution in [0.15, 0.2) is 40.5 Å². The van der Waals surface area contributed by atoms with Crippen LogP contribution in [0.5, 0.6) is 5.88 Å². The van der Waals surface area contributed by atoms with Gasteiger partial charge in [-0.3, -0.25) is 0 Å². The molecule has 2 rings (SSSR count). The van der Waals surface area contributed by atoms with Crippen molar-refractivity contribution in [2.75, 3.05) is 12.3 Å². The van der Waals surface area contributed by atoms with Gasteiger partial charge in [0.05, 0.1) is 6.61 Å². The van der Waals surface area contributed by atoms with Crippen LogP contribution in [0, 0.1) is 5.82 Å². The van der Waals surface area contributed by atoms with Crippen molar-refractivity contribution in [2.24, 2.45) is 0 Å². The van der Waals surface area contributed by atoms with Crippen molar-refractivity contribution in [3.63, 3.8) is 0 Å². The molecule has 0 saturated carbocycles. The van der Waals surface area contributed by atoms with Crippen LogP contribution < -0.4 is 10.5 Å². The highest BCUT2D eigenvalue weighted by Crippen LogP contribution is 2.34. The zero-order chi connectivity index (χ0) is 13.0. The van der Waals surface area contributed by atoms with Gasteiger partial charge >= 0.3 is 0 Å². The Labute approximate surface area is 108 Å². The maximum Gasteiger partial charge on any atom is 0.241 e. The summed E-state index contributed by atoms with van der Waals surface area (Å²) in [7, 11) is 0. The minimum atomic E-state index is -0.307. The second-order valence-corrected chi connectivity index (χ2v) is 4.39. The number of hydrogen-bond donors (Lipinski definition) is 1. The molecule has 0 aliphatic heterocycles. The predicted molar refractivity (Wildman–Crippen MR) is 68.1 cm³/mol. The van der Waals surface area contributed by atoms with E-state index in [4.69, 9.17) is 10.5 Å². The summed E-state index contributed by atoms with van der Waals surface area (Å²) < 4.78 is 18.8. The SMILES string of the molecule is CCOc1ncnc(Sc2ccccc2F)c1N. The van der Waals surface area contributed by atoms with E-state index >= 15 is 0 Å². The van der Waals surface area contributed by atoms with Crippen molar-refractivity contribution < 1.29 is 9.13 Å². The topological polar surface area (TPSA) is 61.0 Å². The molecule has 1 aromatic carbocycles. The van der Waals surface area contributed by atoms with E-state index in [0.29, 0.717) is 28.1 Å². The number of rotatable bonds is 4. The van der Waals surface area contributed by atoms with Crippen molar-refractivity contribution in [3.8, 4) is 5.88 Å². The Morgan fingerprint density at radius 3 is 2.83 bits per heavy atom. The Hall–Kier alpha value is -1.82. The number of ether oxygens (including phenoxy) is 1. The molecule has 4 nitrogen and oxygen atoms in total. The van der Waals surface area contributed by atoms with E-state index in [-0.39, 0.29) is 5.82 Å². The molecule has 94 valence electrons. The molecule has 0 aliphatic rings. The molecule has 6 heteroatoms. The third kappa shape index (κ3) is 2.70. The molecule has 1 aromatic heterocycles. The number of nitrogens with two attached hydrogens (primary N) is 1. The van der Waals surface area contributed by atoms with Gasteiger partial charge < -0.3 is 10.5 Å². The van der Waals surface area contributed by atoms with Crippen molar-refractivity contribution in [1.29, 1.82) is 0 Å². The molecule has 0 aliphatic carbocycles. The Kier molecular flexibility index (Phi) is 3.99. The number of halogens is 1. The maximum absolute atomic E-state index is 13.5. The molecule has 1 heterocycles. The zero-order valence-corrected chi connectivity index (χ0v) is 10.6. The number of nitrogens with zero attached hydrogens (tertiary/aromatic N) is 2. The van der Waals surface area contributed by atoms with Crippen LogP contribution in [0.4, 0.5) is 10.1 Å². The van der Waals surface area contributed by atoms with Gasteiger partial charge in [0, 0.05) is 4.90 Å². The zero-order valence-electron chi connectivity index (χ0n) is 9.76. The summed E-state index contributed by atoms with van der Waals surface area (Å²) in [5, 5.41) is 0.485. The molecule has 2 aromatic rings. The van der Waals surface area contributed by atoms with Crippen LogP contribution in [0.1, 0.15) is 6.92 Å². The van der Waals surface area contributed by atoms with E-state index < -0.39 is 0 Å². The molecule has 0 saturated heterocycles. The first-order valence-corrected chi connectivity index (χ1v) is 6.19. The summed E-state index contributed by atoms with van der Waals surface area (Å²) >= 11 is 1.15. The van der Waals surface area contributed by atoms with E-state index in [1.54, 1.807) is 18.2 Å². The van der Waals surface area contributed by atoms with Crippen LogP contribution in [0.2, 0.25) is 0 Å². The van der Waals surface area contributed by atoms with Gasteiger partial charge in [-0.2, -0.15) is 4.98 Å². The molecule has 0 atom stereocenters. The summed E-state index contributed by atoms with van der Waals surface area (Å²) in [6, 6.07) is 6.45. The Bertz CT molecular complexity index is 551. The quantitative estimate of drug-likeness (QED) is 0.861. The standard InChI is InChI=1S/C12H12FN3OS/c1-2-17-11-10(14)12(16-7-15-11)18-9-6-4-3-5-8(9)13/h3-7H,2,14H2,1H3. The lowest BCUT2D eigenvalue weighted by molar-refractivity contribution is 0.327. The van der Waals surface area contributed by atoms with Crippen molar-refractivity contribution in [3.05, 3.63) is 36.4 Å². The van der Waals surface area contributed by atoms with E-state index in [1.165, 1.54) is 12.4 Å².